The molecular formula is C45H70N2O3. The van der Waals surface area contributed by atoms with Gasteiger partial charge in [0.1, 0.15) is 6.54 Å². The van der Waals surface area contributed by atoms with Crippen molar-refractivity contribution < 1.29 is 14.7 Å². The predicted molar refractivity (Wildman–Crippen MR) is 208 cm³/mol. The zero-order chi connectivity index (χ0) is 36.1. The summed E-state index contributed by atoms with van der Waals surface area (Å²) in [6.07, 6.45) is 16.5. The van der Waals surface area contributed by atoms with Gasteiger partial charge in [-0.3, -0.25) is 9.59 Å². The number of hydrogen-bond donors (Lipinski definition) is 1. The Morgan fingerprint density at radius 2 is 1.42 bits per heavy atom. The third kappa shape index (κ3) is 7.83. The summed E-state index contributed by atoms with van der Waals surface area (Å²) in [5.74, 6) is 5.52. The van der Waals surface area contributed by atoms with E-state index >= 15 is 0 Å². The average Bonchev–Trinajstić information content (AvgIpc) is 3.43. The molecule has 6 rings (SSSR count). The maximum absolute atomic E-state index is 13.2. The van der Waals surface area contributed by atoms with E-state index in [-0.39, 0.29) is 29.9 Å². The number of carbonyl (C=O) groups excluding carboxylic acids is 2. The molecule has 0 radical (unpaired) electrons. The van der Waals surface area contributed by atoms with Crippen molar-refractivity contribution in [2.75, 3.05) is 26.2 Å². The molecular weight excluding hydrogens is 617 g/mol. The van der Waals surface area contributed by atoms with Crippen molar-refractivity contribution in [2.45, 2.75) is 138 Å². The molecule has 4 fully saturated rings. The predicted octanol–water partition coefficient (Wildman–Crippen LogP) is 10.4. The molecule has 5 nitrogen and oxygen atoms in total. The summed E-state index contributed by atoms with van der Waals surface area (Å²) in [7, 11) is 0. The van der Waals surface area contributed by atoms with Crippen LogP contribution in [0.15, 0.2) is 42.5 Å². The summed E-state index contributed by atoms with van der Waals surface area (Å²) in [4.78, 5) is 29.5. The normalized spacial score (nSPS) is 32.2. The molecule has 1 N–H and O–H groups in total. The molecule has 4 aliphatic carbocycles. The van der Waals surface area contributed by atoms with Crippen LogP contribution in [-0.2, 0) is 4.79 Å². The monoisotopic (exact) mass is 687 g/mol. The lowest BCUT2D eigenvalue weighted by Gasteiger charge is -2.61. The Bertz CT molecular complexity index is 1410. The number of rotatable bonds is 11. The molecule has 0 aromatic heterocycles. The van der Waals surface area contributed by atoms with Crippen molar-refractivity contribution in [3.63, 3.8) is 0 Å². The fraction of sp³-hybridized carbons (Fsp3) is 0.733. The quantitative estimate of drug-likeness (QED) is 0.256. The summed E-state index contributed by atoms with van der Waals surface area (Å²) in [6, 6.07) is 13.7. The number of amides is 2. The molecule has 0 saturated heterocycles. The Balaban J connectivity index is 0.000000195. The lowest BCUT2D eigenvalue weighted by atomic mass is 9.44. The topological polar surface area (TPSA) is 60.9 Å². The zero-order valence-electron chi connectivity index (χ0n) is 32.8. The zero-order valence-corrected chi connectivity index (χ0v) is 32.8. The van der Waals surface area contributed by atoms with Gasteiger partial charge in [0.15, 0.2) is 0 Å². The number of aliphatic hydroxyl groups excluding tert-OH is 1. The minimum Gasteiger partial charge on any atom is -0.393 e. The third-order valence-corrected chi connectivity index (χ3v) is 14.5. The van der Waals surface area contributed by atoms with Gasteiger partial charge in [0.25, 0.3) is 5.91 Å². The second-order valence-corrected chi connectivity index (χ2v) is 17.4. The van der Waals surface area contributed by atoms with Gasteiger partial charge >= 0.3 is 0 Å². The summed E-state index contributed by atoms with van der Waals surface area (Å²) < 4.78 is 0. The van der Waals surface area contributed by atoms with Gasteiger partial charge in [0.2, 0.25) is 5.91 Å². The number of benzene rings is 2. The first-order valence-corrected chi connectivity index (χ1v) is 20.7. The van der Waals surface area contributed by atoms with Crippen molar-refractivity contribution in [2.24, 2.45) is 46.3 Å². The first kappa shape index (κ1) is 38.8. The van der Waals surface area contributed by atoms with Gasteiger partial charge in [-0.2, -0.15) is 0 Å². The Morgan fingerprint density at radius 1 is 0.780 bits per heavy atom. The van der Waals surface area contributed by atoms with E-state index in [0.29, 0.717) is 17.5 Å². The van der Waals surface area contributed by atoms with Crippen LogP contribution in [0, 0.1) is 46.3 Å². The number of carbonyl (C=O) groups is 2. The summed E-state index contributed by atoms with van der Waals surface area (Å²) in [5, 5.41) is 12.6. The Morgan fingerprint density at radius 3 is 2.12 bits per heavy atom. The van der Waals surface area contributed by atoms with Crippen molar-refractivity contribution in [3.05, 3.63) is 48.0 Å². The summed E-state index contributed by atoms with van der Waals surface area (Å²) in [6.45, 7) is 18.4. The molecule has 0 heterocycles. The highest BCUT2D eigenvalue weighted by molar-refractivity contribution is 6.07. The van der Waals surface area contributed by atoms with Gasteiger partial charge in [-0.15, -0.1) is 0 Å². The SMILES string of the molecule is CCC(C)C1CCC2CCC3C4CCC(O)C4(C)CCC3C2(C)C1.CCCN(CCC)C(=O)CN(CCC)C(=O)c1cccc2ccccc12. The van der Waals surface area contributed by atoms with Crippen molar-refractivity contribution in [3.8, 4) is 0 Å². The molecule has 9 unspecified atom stereocenters. The van der Waals surface area contributed by atoms with Gasteiger partial charge in [-0.05, 0) is 140 Å². The van der Waals surface area contributed by atoms with Gasteiger partial charge < -0.3 is 14.9 Å². The van der Waals surface area contributed by atoms with E-state index < -0.39 is 0 Å². The molecule has 2 amide bonds. The molecule has 2 aromatic rings. The molecule has 4 aliphatic rings. The molecule has 2 aromatic carbocycles. The Labute approximate surface area is 305 Å². The molecule has 9 atom stereocenters. The minimum atomic E-state index is -0.0649. The number of aliphatic hydroxyl groups is 1. The van der Waals surface area contributed by atoms with E-state index in [9.17, 15) is 14.7 Å². The van der Waals surface area contributed by atoms with Crippen LogP contribution in [-0.4, -0.2) is 59.0 Å². The Kier molecular flexibility index (Phi) is 13.2. The second-order valence-electron chi connectivity index (χ2n) is 17.4. The van der Waals surface area contributed by atoms with Crippen LogP contribution >= 0.6 is 0 Å². The van der Waals surface area contributed by atoms with Crippen LogP contribution in [0.4, 0.5) is 0 Å². The summed E-state index contributed by atoms with van der Waals surface area (Å²) >= 11 is 0. The fourth-order valence-corrected chi connectivity index (χ4v) is 11.5. The molecule has 0 spiro atoms. The highest BCUT2D eigenvalue weighted by atomic mass is 16.3. The number of fused-ring (bicyclic) bond motifs is 6. The van der Waals surface area contributed by atoms with Crippen LogP contribution in [0.25, 0.3) is 10.8 Å². The second kappa shape index (κ2) is 17.0. The lowest BCUT2D eigenvalue weighted by molar-refractivity contribution is -0.132. The maximum atomic E-state index is 13.2. The molecule has 5 heteroatoms. The number of nitrogens with zero attached hydrogens (tertiary/aromatic N) is 2. The first-order chi connectivity index (χ1) is 24.0. The summed E-state index contributed by atoms with van der Waals surface area (Å²) in [5.41, 5.74) is 1.51. The Hall–Kier alpha value is -2.40. The van der Waals surface area contributed by atoms with Crippen LogP contribution in [0.3, 0.4) is 0 Å². The van der Waals surface area contributed by atoms with Gasteiger partial charge in [0, 0.05) is 25.2 Å². The average molecular weight is 687 g/mol. The highest BCUT2D eigenvalue weighted by Crippen LogP contribution is 2.67. The van der Waals surface area contributed by atoms with E-state index in [2.05, 4.69) is 41.5 Å². The molecule has 0 bridgehead atoms. The first-order valence-electron chi connectivity index (χ1n) is 20.7. The fourth-order valence-electron chi connectivity index (χ4n) is 11.5. The van der Waals surface area contributed by atoms with Crippen LogP contribution in [0.1, 0.15) is 142 Å². The highest BCUT2D eigenvalue weighted by Gasteiger charge is 2.60. The lowest BCUT2D eigenvalue weighted by Crippen LogP contribution is -2.54. The van der Waals surface area contributed by atoms with Gasteiger partial charge in [0.05, 0.1) is 6.10 Å². The van der Waals surface area contributed by atoms with Crippen LogP contribution in [0.2, 0.25) is 0 Å². The standard InChI is InChI=1S/C23H40O.C22H30N2O2/c1-5-15(2)16-6-7-17-8-9-18-19-10-11-21(24)22(19,3)13-12-20(18)23(17,4)14-16;1-4-14-23(15-5-2)21(25)17-24(16-6-3)22(26)20-13-9-11-18-10-7-8-12-19(18)20/h15-21,24H,5-14H2,1-4H3;7-13H,4-6,14-17H2,1-3H3. The van der Waals surface area contributed by atoms with E-state index in [1.807, 2.05) is 54.3 Å². The molecule has 50 heavy (non-hydrogen) atoms. The third-order valence-electron chi connectivity index (χ3n) is 14.5. The van der Waals surface area contributed by atoms with E-state index in [1.54, 1.807) is 4.90 Å². The van der Waals surface area contributed by atoms with Crippen molar-refractivity contribution in [1.29, 1.82) is 0 Å². The van der Waals surface area contributed by atoms with Crippen LogP contribution in [0.5, 0.6) is 0 Å². The molecule has 4 saturated carbocycles. The smallest absolute Gasteiger partial charge is 0.254 e. The van der Waals surface area contributed by atoms with Gasteiger partial charge in [-0.1, -0.05) is 91.3 Å². The molecule has 278 valence electrons. The maximum Gasteiger partial charge on any atom is 0.254 e. The van der Waals surface area contributed by atoms with E-state index in [1.165, 1.54) is 57.8 Å². The van der Waals surface area contributed by atoms with Gasteiger partial charge in [-0.25, -0.2) is 0 Å². The van der Waals surface area contributed by atoms with E-state index in [0.717, 1.165) is 85.1 Å². The van der Waals surface area contributed by atoms with E-state index in [4.69, 9.17) is 0 Å². The number of hydrogen-bond acceptors (Lipinski definition) is 3. The van der Waals surface area contributed by atoms with Crippen molar-refractivity contribution >= 4 is 22.6 Å². The van der Waals surface area contributed by atoms with Crippen LogP contribution < -0.4 is 0 Å². The largest absolute Gasteiger partial charge is 0.393 e. The molecule has 0 aliphatic heterocycles. The minimum absolute atomic E-state index is 0.0202. The van der Waals surface area contributed by atoms with Crippen molar-refractivity contribution in [1.82, 2.24) is 9.80 Å².